The van der Waals surface area contributed by atoms with E-state index in [1.807, 2.05) is 0 Å². The average molecular weight is 233 g/mol. The minimum Gasteiger partial charge on any atom is -0.313 e. The Hall–Kier alpha value is -0.820. The molecule has 2 atom stereocenters. The number of aryl methyl sites for hydroxylation is 2. The summed E-state index contributed by atoms with van der Waals surface area (Å²) in [5.74, 6) is 0.678. The Morgan fingerprint density at radius 2 is 1.71 bits per heavy atom. The molecule has 96 valence electrons. The van der Waals surface area contributed by atoms with Crippen molar-refractivity contribution in [3.05, 3.63) is 34.9 Å². The molecule has 1 aromatic carbocycles. The van der Waals surface area contributed by atoms with Gasteiger partial charge in [-0.15, -0.1) is 0 Å². The molecular weight excluding hydrogens is 206 g/mol. The number of rotatable bonds is 6. The molecule has 1 N–H and O–H groups in total. The van der Waals surface area contributed by atoms with Crippen molar-refractivity contribution in [1.29, 1.82) is 0 Å². The lowest BCUT2D eigenvalue weighted by Crippen LogP contribution is -2.23. The maximum absolute atomic E-state index is 3.46. The van der Waals surface area contributed by atoms with E-state index in [-0.39, 0.29) is 0 Å². The smallest absolute Gasteiger partial charge is 0.0343 e. The average Bonchev–Trinajstić information content (AvgIpc) is 2.38. The topological polar surface area (TPSA) is 12.0 Å². The van der Waals surface area contributed by atoms with Crippen LogP contribution in [0.3, 0.4) is 0 Å². The minimum atomic E-state index is 0.483. The summed E-state index contributed by atoms with van der Waals surface area (Å²) in [4.78, 5) is 0. The first kappa shape index (κ1) is 14.2. The van der Waals surface area contributed by atoms with Crippen molar-refractivity contribution in [2.75, 3.05) is 7.05 Å². The van der Waals surface area contributed by atoms with Gasteiger partial charge in [-0.3, -0.25) is 0 Å². The van der Waals surface area contributed by atoms with Gasteiger partial charge in [0.05, 0.1) is 0 Å². The van der Waals surface area contributed by atoms with Gasteiger partial charge in [0.1, 0.15) is 0 Å². The quantitative estimate of drug-likeness (QED) is 0.779. The summed E-state index contributed by atoms with van der Waals surface area (Å²) >= 11 is 0. The molecule has 0 amide bonds. The molecule has 0 spiro atoms. The van der Waals surface area contributed by atoms with Gasteiger partial charge in [0, 0.05) is 6.04 Å². The highest BCUT2D eigenvalue weighted by atomic mass is 14.9. The fourth-order valence-corrected chi connectivity index (χ4v) is 2.53. The Morgan fingerprint density at radius 3 is 2.18 bits per heavy atom. The SMILES string of the molecule is CCc1ccc(C(NC)C(C)CC)cc1CC. The molecule has 0 aliphatic carbocycles. The van der Waals surface area contributed by atoms with Gasteiger partial charge in [-0.1, -0.05) is 52.3 Å². The Balaban J connectivity index is 3.04. The fraction of sp³-hybridized carbons (Fsp3) is 0.625. The lowest BCUT2D eigenvalue weighted by Gasteiger charge is -2.24. The van der Waals surface area contributed by atoms with Gasteiger partial charge in [-0.05, 0) is 42.5 Å². The molecule has 0 bridgehead atoms. The van der Waals surface area contributed by atoms with Crippen molar-refractivity contribution in [3.8, 4) is 0 Å². The molecule has 1 nitrogen and oxygen atoms in total. The third kappa shape index (κ3) is 3.32. The molecule has 17 heavy (non-hydrogen) atoms. The van der Waals surface area contributed by atoms with Gasteiger partial charge < -0.3 is 5.32 Å². The third-order valence-corrected chi connectivity index (χ3v) is 3.88. The van der Waals surface area contributed by atoms with E-state index >= 15 is 0 Å². The van der Waals surface area contributed by atoms with E-state index in [0.29, 0.717) is 12.0 Å². The second-order valence-electron chi connectivity index (χ2n) is 4.89. The summed E-state index contributed by atoms with van der Waals surface area (Å²) in [6, 6.07) is 7.48. The molecule has 0 radical (unpaired) electrons. The third-order valence-electron chi connectivity index (χ3n) is 3.88. The fourth-order valence-electron chi connectivity index (χ4n) is 2.53. The Kier molecular flexibility index (Phi) is 5.70. The van der Waals surface area contributed by atoms with Crippen LogP contribution in [-0.4, -0.2) is 7.05 Å². The highest BCUT2D eigenvalue weighted by Gasteiger charge is 2.16. The summed E-state index contributed by atoms with van der Waals surface area (Å²) in [6.07, 6.45) is 3.48. The van der Waals surface area contributed by atoms with Crippen LogP contribution in [0.1, 0.15) is 56.8 Å². The lowest BCUT2D eigenvalue weighted by atomic mass is 9.89. The zero-order chi connectivity index (χ0) is 12.8. The van der Waals surface area contributed by atoms with Crippen LogP contribution in [0.2, 0.25) is 0 Å². The summed E-state index contributed by atoms with van der Waals surface area (Å²) in [5.41, 5.74) is 4.44. The zero-order valence-corrected chi connectivity index (χ0v) is 12.0. The molecule has 1 rings (SSSR count). The number of hydrogen-bond acceptors (Lipinski definition) is 1. The predicted molar refractivity (Wildman–Crippen MR) is 76.5 cm³/mol. The number of nitrogens with one attached hydrogen (secondary N) is 1. The monoisotopic (exact) mass is 233 g/mol. The van der Waals surface area contributed by atoms with Gasteiger partial charge >= 0.3 is 0 Å². The van der Waals surface area contributed by atoms with Gasteiger partial charge in [-0.25, -0.2) is 0 Å². The van der Waals surface area contributed by atoms with Crippen LogP contribution < -0.4 is 5.32 Å². The van der Waals surface area contributed by atoms with E-state index in [2.05, 4.69) is 58.3 Å². The van der Waals surface area contributed by atoms with Crippen LogP contribution in [0.25, 0.3) is 0 Å². The van der Waals surface area contributed by atoms with Crippen molar-refractivity contribution < 1.29 is 0 Å². The summed E-state index contributed by atoms with van der Waals surface area (Å²) in [6.45, 7) is 9.06. The van der Waals surface area contributed by atoms with Gasteiger partial charge in [0.2, 0.25) is 0 Å². The van der Waals surface area contributed by atoms with E-state index in [9.17, 15) is 0 Å². The van der Waals surface area contributed by atoms with E-state index < -0.39 is 0 Å². The highest BCUT2D eigenvalue weighted by molar-refractivity contribution is 5.34. The summed E-state index contributed by atoms with van der Waals surface area (Å²) in [5, 5.41) is 3.46. The molecule has 0 aliphatic heterocycles. The van der Waals surface area contributed by atoms with Gasteiger partial charge in [0.15, 0.2) is 0 Å². The van der Waals surface area contributed by atoms with E-state index in [1.165, 1.54) is 23.1 Å². The molecule has 0 aliphatic rings. The molecular formula is C16H27N. The van der Waals surface area contributed by atoms with Crippen molar-refractivity contribution in [1.82, 2.24) is 5.32 Å². The van der Waals surface area contributed by atoms with E-state index in [4.69, 9.17) is 0 Å². The second kappa shape index (κ2) is 6.80. The van der Waals surface area contributed by atoms with Crippen LogP contribution in [0.15, 0.2) is 18.2 Å². The van der Waals surface area contributed by atoms with Gasteiger partial charge in [0.25, 0.3) is 0 Å². The van der Waals surface area contributed by atoms with E-state index in [0.717, 1.165) is 12.8 Å². The zero-order valence-electron chi connectivity index (χ0n) is 12.0. The molecule has 0 fully saturated rings. The van der Waals surface area contributed by atoms with Crippen LogP contribution in [0, 0.1) is 5.92 Å². The molecule has 2 unspecified atom stereocenters. The van der Waals surface area contributed by atoms with Crippen molar-refractivity contribution >= 4 is 0 Å². The molecule has 0 saturated carbocycles. The predicted octanol–water partition coefficient (Wildman–Crippen LogP) is 4.12. The first-order valence-electron chi connectivity index (χ1n) is 6.96. The molecule has 0 heterocycles. The standard InChI is InChI=1S/C16H27N/c1-6-12(4)16(17-5)15-10-9-13(7-2)14(8-3)11-15/h9-12,16-17H,6-8H2,1-5H3. The van der Waals surface area contributed by atoms with Crippen molar-refractivity contribution in [3.63, 3.8) is 0 Å². The first-order valence-corrected chi connectivity index (χ1v) is 6.96. The Bertz CT molecular complexity index is 343. The number of benzene rings is 1. The van der Waals surface area contributed by atoms with Crippen molar-refractivity contribution in [2.45, 2.75) is 53.0 Å². The maximum atomic E-state index is 3.46. The summed E-state index contributed by atoms with van der Waals surface area (Å²) in [7, 11) is 2.07. The number of hydrogen-bond donors (Lipinski definition) is 1. The van der Waals surface area contributed by atoms with E-state index in [1.54, 1.807) is 0 Å². The molecule has 1 aromatic rings. The molecule has 0 saturated heterocycles. The van der Waals surface area contributed by atoms with Gasteiger partial charge in [-0.2, -0.15) is 0 Å². The minimum absolute atomic E-state index is 0.483. The highest BCUT2D eigenvalue weighted by Crippen LogP contribution is 2.26. The maximum Gasteiger partial charge on any atom is 0.0343 e. The molecule has 1 heteroatoms. The van der Waals surface area contributed by atoms with Crippen molar-refractivity contribution in [2.24, 2.45) is 5.92 Å². The lowest BCUT2D eigenvalue weighted by molar-refractivity contribution is 0.400. The second-order valence-corrected chi connectivity index (χ2v) is 4.89. The Labute approximate surface area is 107 Å². The van der Waals surface area contributed by atoms with Crippen LogP contribution in [0.5, 0.6) is 0 Å². The summed E-state index contributed by atoms with van der Waals surface area (Å²) < 4.78 is 0. The first-order chi connectivity index (χ1) is 8.17. The van der Waals surface area contributed by atoms with Crippen LogP contribution in [-0.2, 0) is 12.8 Å². The Morgan fingerprint density at radius 1 is 1.06 bits per heavy atom. The van der Waals surface area contributed by atoms with Crippen LogP contribution in [0.4, 0.5) is 0 Å². The normalized spacial score (nSPS) is 14.6. The van der Waals surface area contributed by atoms with Crippen LogP contribution >= 0.6 is 0 Å². The molecule has 0 aromatic heterocycles. The largest absolute Gasteiger partial charge is 0.313 e.